The van der Waals surface area contributed by atoms with Crippen molar-refractivity contribution in [2.75, 3.05) is 17.8 Å². The van der Waals surface area contributed by atoms with Crippen molar-refractivity contribution in [2.45, 2.75) is 19.8 Å². The number of halogens is 2. The minimum atomic E-state index is -3.82. The van der Waals surface area contributed by atoms with Crippen molar-refractivity contribution in [3.63, 3.8) is 0 Å². The van der Waals surface area contributed by atoms with Crippen LogP contribution in [0.5, 0.6) is 5.75 Å². The Morgan fingerprint density at radius 2 is 2.00 bits per heavy atom. The van der Waals surface area contributed by atoms with E-state index < -0.39 is 21.8 Å². The van der Waals surface area contributed by atoms with Gasteiger partial charge in [0, 0.05) is 19.2 Å². The maximum Gasteiger partial charge on any atom is 0.301 e. The lowest BCUT2D eigenvalue weighted by Gasteiger charge is -2.29. The van der Waals surface area contributed by atoms with E-state index in [1.54, 1.807) is 0 Å². The molecule has 0 aliphatic carbocycles. The van der Waals surface area contributed by atoms with Crippen molar-refractivity contribution in [1.82, 2.24) is 4.31 Å². The highest BCUT2D eigenvalue weighted by Crippen LogP contribution is 2.34. The first kappa shape index (κ1) is 15.3. The number of phenolic OH excluding ortho intramolecular Hbond substituents is 1. The molecular weight excluding hydrogens is 307 g/mol. The van der Waals surface area contributed by atoms with E-state index in [1.165, 1.54) is 4.31 Å². The summed E-state index contributed by atoms with van der Waals surface area (Å²) in [5.41, 5.74) is -0.256. The lowest BCUT2D eigenvalue weighted by Crippen LogP contribution is -2.41. The van der Waals surface area contributed by atoms with Crippen LogP contribution in [0.15, 0.2) is 12.1 Å². The molecule has 5 nitrogen and oxygen atoms in total. The fraction of sp³-hybridized carbons (Fsp3) is 0.500. The van der Waals surface area contributed by atoms with Crippen LogP contribution in [0.4, 0.5) is 10.1 Å². The van der Waals surface area contributed by atoms with Gasteiger partial charge in [-0.25, -0.2) is 4.39 Å². The molecule has 0 atom stereocenters. The number of hydrogen-bond donors (Lipinski definition) is 2. The lowest BCUT2D eigenvalue weighted by molar-refractivity contribution is 0.289. The number of benzene rings is 1. The molecular formula is C12H16ClFN2O3S. The first-order chi connectivity index (χ1) is 9.29. The summed E-state index contributed by atoms with van der Waals surface area (Å²) in [7, 11) is -3.82. The summed E-state index contributed by atoms with van der Waals surface area (Å²) in [6.45, 7) is 2.87. The molecule has 1 fully saturated rings. The largest absolute Gasteiger partial charge is 0.504 e. The minimum Gasteiger partial charge on any atom is -0.504 e. The third-order valence-corrected chi connectivity index (χ3v) is 5.16. The summed E-state index contributed by atoms with van der Waals surface area (Å²) in [5, 5.41) is 9.44. The van der Waals surface area contributed by atoms with Crippen LogP contribution in [0.2, 0.25) is 5.02 Å². The topological polar surface area (TPSA) is 69.6 Å². The van der Waals surface area contributed by atoms with Crippen molar-refractivity contribution >= 4 is 27.5 Å². The van der Waals surface area contributed by atoms with E-state index in [9.17, 15) is 17.9 Å². The Morgan fingerprint density at radius 1 is 1.40 bits per heavy atom. The van der Waals surface area contributed by atoms with Gasteiger partial charge in [-0.05, 0) is 24.8 Å². The Hall–Kier alpha value is -1.05. The Kier molecular flexibility index (Phi) is 4.41. The molecule has 1 heterocycles. The normalized spacial score (nSPS) is 18.1. The van der Waals surface area contributed by atoms with Crippen LogP contribution in [0, 0.1) is 11.7 Å². The van der Waals surface area contributed by atoms with Gasteiger partial charge in [-0.2, -0.15) is 12.7 Å². The number of nitrogens with one attached hydrogen (secondary N) is 1. The molecule has 0 spiro atoms. The fourth-order valence-corrected chi connectivity index (χ4v) is 3.53. The standard InChI is InChI=1S/C12H16ClFN2O3S/c1-8-2-4-16(5-3-8)20(18,19)15-11-7-9(14)6-10(13)12(11)17/h6-8,15,17H,2-5H2,1H3. The molecule has 0 unspecified atom stereocenters. The van der Waals surface area contributed by atoms with Crippen LogP contribution in [-0.4, -0.2) is 30.9 Å². The van der Waals surface area contributed by atoms with E-state index >= 15 is 0 Å². The Bertz CT molecular complexity index is 601. The lowest BCUT2D eigenvalue weighted by atomic mass is 10.0. The molecule has 0 radical (unpaired) electrons. The van der Waals surface area contributed by atoms with Crippen molar-refractivity contribution in [3.8, 4) is 5.75 Å². The molecule has 0 saturated carbocycles. The number of nitrogens with zero attached hydrogens (tertiary/aromatic N) is 1. The number of rotatable bonds is 3. The Morgan fingerprint density at radius 3 is 2.60 bits per heavy atom. The zero-order chi connectivity index (χ0) is 14.9. The van der Waals surface area contributed by atoms with Gasteiger partial charge < -0.3 is 5.11 Å². The molecule has 1 aliphatic heterocycles. The summed E-state index contributed by atoms with van der Waals surface area (Å²) in [6.07, 6.45) is 1.55. The van der Waals surface area contributed by atoms with Gasteiger partial charge >= 0.3 is 10.2 Å². The second kappa shape index (κ2) is 5.75. The second-order valence-corrected chi connectivity index (χ2v) is 7.05. The predicted octanol–water partition coefficient (Wildman–Crippen LogP) is 2.57. The second-order valence-electron chi connectivity index (χ2n) is 4.97. The average Bonchev–Trinajstić information content (AvgIpc) is 2.35. The van der Waals surface area contributed by atoms with Gasteiger partial charge in [0.2, 0.25) is 0 Å². The molecule has 2 rings (SSSR count). The highest BCUT2D eigenvalue weighted by Gasteiger charge is 2.27. The minimum absolute atomic E-state index is 0.241. The third-order valence-electron chi connectivity index (χ3n) is 3.35. The SMILES string of the molecule is CC1CCN(S(=O)(=O)Nc2cc(F)cc(Cl)c2O)CC1. The van der Waals surface area contributed by atoms with Crippen LogP contribution in [0.25, 0.3) is 0 Å². The molecule has 112 valence electrons. The molecule has 1 aromatic carbocycles. The predicted molar refractivity (Wildman–Crippen MR) is 75.6 cm³/mol. The Balaban J connectivity index is 2.20. The van der Waals surface area contributed by atoms with E-state index in [2.05, 4.69) is 11.6 Å². The molecule has 0 bridgehead atoms. The van der Waals surface area contributed by atoms with Crippen molar-refractivity contribution < 1.29 is 17.9 Å². The molecule has 0 amide bonds. The monoisotopic (exact) mass is 322 g/mol. The Labute approximate surface area is 122 Å². The first-order valence-electron chi connectivity index (χ1n) is 6.25. The summed E-state index contributed by atoms with van der Waals surface area (Å²) in [6, 6.07) is 1.81. The smallest absolute Gasteiger partial charge is 0.301 e. The van der Waals surface area contributed by atoms with E-state index in [0.29, 0.717) is 19.0 Å². The fourth-order valence-electron chi connectivity index (χ4n) is 2.07. The molecule has 1 aliphatic rings. The van der Waals surface area contributed by atoms with Crippen molar-refractivity contribution in [3.05, 3.63) is 23.0 Å². The number of piperidine rings is 1. The highest BCUT2D eigenvalue weighted by atomic mass is 35.5. The van der Waals surface area contributed by atoms with E-state index in [-0.39, 0.29) is 10.7 Å². The molecule has 0 aromatic heterocycles. The van der Waals surface area contributed by atoms with Crippen molar-refractivity contribution in [1.29, 1.82) is 0 Å². The zero-order valence-electron chi connectivity index (χ0n) is 10.9. The van der Waals surface area contributed by atoms with Crippen LogP contribution in [0.1, 0.15) is 19.8 Å². The zero-order valence-corrected chi connectivity index (χ0v) is 12.5. The highest BCUT2D eigenvalue weighted by molar-refractivity contribution is 7.90. The van der Waals surface area contributed by atoms with E-state index in [1.807, 2.05) is 0 Å². The van der Waals surface area contributed by atoms with Crippen LogP contribution in [0.3, 0.4) is 0 Å². The molecule has 20 heavy (non-hydrogen) atoms. The van der Waals surface area contributed by atoms with Crippen LogP contribution >= 0.6 is 11.6 Å². The number of anilines is 1. The van der Waals surface area contributed by atoms with Gasteiger partial charge in [0.05, 0.1) is 10.7 Å². The number of hydrogen-bond acceptors (Lipinski definition) is 3. The van der Waals surface area contributed by atoms with E-state index in [4.69, 9.17) is 11.6 Å². The van der Waals surface area contributed by atoms with E-state index in [0.717, 1.165) is 25.0 Å². The molecule has 8 heteroatoms. The molecule has 1 saturated heterocycles. The van der Waals surface area contributed by atoms with Gasteiger partial charge in [-0.15, -0.1) is 0 Å². The van der Waals surface area contributed by atoms with Gasteiger partial charge in [0.1, 0.15) is 5.82 Å². The van der Waals surface area contributed by atoms with Crippen LogP contribution < -0.4 is 4.72 Å². The maximum absolute atomic E-state index is 13.2. The van der Waals surface area contributed by atoms with Gasteiger partial charge in [-0.3, -0.25) is 4.72 Å². The average molecular weight is 323 g/mol. The summed E-state index contributed by atoms with van der Waals surface area (Å²) in [5.74, 6) is -0.724. The van der Waals surface area contributed by atoms with Crippen LogP contribution in [-0.2, 0) is 10.2 Å². The summed E-state index contributed by atoms with van der Waals surface area (Å²) < 4.78 is 41.0. The van der Waals surface area contributed by atoms with Gasteiger partial charge in [0.15, 0.2) is 5.75 Å². The van der Waals surface area contributed by atoms with Gasteiger partial charge in [-0.1, -0.05) is 18.5 Å². The first-order valence-corrected chi connectivity index (χ1v) is 8.07. The van der Waals surface area contributed by atoms with Gasteiger partial charge in [0.25, 0.3) is 0 Å². The molecule has 2 N–H and O–H groups in total. The summed E-state index contributed by atoms with van der Waals surface area (Å²) in [4.78, 5) is 0. The number of aromatic hydroxyl groups is 1. The molecule has 1 aromatic rings. The quantitative estimate of drug-likeness (QED) is 0.840. The third kappa shape index (κ3) is 3.34. The number of phenols is 1. The summed E-state index contributed by atoms with van der Waals surface area (Å²) >= 11 is 5.61. The van der Waals surface area contributed by atoms with Crippen molar-refractivity contribution in [2.24, 2.45) is 5.92 Å². The maximum atomic E-state index is 13.2.